The Morgan fingerprint density at radius 3 is 3.00 bits per heavy atom. The lowest BCUT2D eigenvalue weighted by Gasteiger charge is -2.08. The van der Waals surface area contributed by atoms with Crippen LogP contribution in [-0.4, -0.2) is 22.9 Å². The van der Waals surface area contributed by atoms with Crippen molar-refractivity contribution in [2.45, 2.75) is 20.0 Å². The number of rotatable bonds is 5. The first-order valence-electron chi connectivity index (χ1n) is 6.41. The van der Waals surface area contributed by atoms with Gasteiger partial charge in [-0.25, -0.2) is 4.79 Å². The Hall–Kier alpha value is -2.50. The molecule has 0 spiro atoms. The maximum Gasteiger partial charge on any atom is 0.319 e. The van der Waals surface area contributed by atoms with Gasteiger partial charge in [-0.2, -0.15) is 5.10 Å². The van der Waals surface area contributed by atoms with Crippen molar-refractivity contribution in [3.8, 4) is 5.75 Å². The van der Waals surface area contributed by atoms with Crippen molar-refractivity contribution in [3.63, 3.8) is 0 Å². The Bertz CT molecular complexity index is 580. The van der Waals surface area contributed by atoms with Crippen LogP contribution in [0.4, 0.5) is 10.5 Å². The van der Waals surface area contributed by atoms with Crippen molar-refractivity contribution < 1.29 is 9.53 Å². The molecular weight excluding hydrogens is 256 g/mol. The molecule has 6 heteroatoms. The summed E-state index contributed by atoms with van der Waals surface area (Å²) < 4.78 is 6.91. The highest BCUT2D eigenvalue weighted by atomic mass is 16.5. The van der Waals surface area contributed by atoms with Crippen molar-refractivity contribution in [3.05, 3.63) is 42.2 Å². The van der Waals surface area contributed by atoms with Gasteiger partial charge in [-0.15, -0.1) is 0 Å². The number of aryl methyl sites for hydroxylation is 1. The number of nitrogens with one attached hydrogen (secondary N) is 2. The molecule has 0 radical (unpaired) electrons. The van der Waals surface area contributed by atoms with Crippen molar-refractivity contribution in [1.29, 1.82) is 0 Å². The molecule has 2 N–H and O–H groups in total. The average Bonchev–Trinajstić information content (AvgIpc) is 2.93. The molecule has 106 valence electrons. The van der Waals surface area contributed by atoms with E-state index in [1.54, 1.807) is 25.4 Å². The molecule has 2 rings (SSSR count). The van der Waals surface area contributed by atoms with Crippen LogP contribution in [0.15, 0.2) is 36.7 Å². The van der Waals surface area contributed by atoms with E-state index >= 15 is 0 Å². The van der Waals surface area contributed by atoms with E-state index in [1.165, 1.54) is 0 Å². The van der Waals surface area contributed by atoms with Crippen LogP contribution in [0.25, 0.3) is 0 Å². The molecule has 0 saturated heterocycles. The first-order chi connectivity index (χ1) is 9.71. The number of amides is 2. The fraction of sp³-hybridized carbons (Fsp3) is 0.286. The van der Waals surface area contributed by atoms with Crippen molar-refractivity contribution in [2.75, 3.05) is 12.4 Å². The minimum Gasteiger partial charge on any atom is -0.497 e. The minimum atomic E-state index is -0.262. The maximum atomic E-state index is 11.8. The van der Waals surface area contributed by atoms with E-state index in [4.69, 9.17) is 4.74 Å². The number of carbonyl (C=O) groups is 1. The van der Waals surface area contributed by atoms with E-state index in [0.29, 0.717) is 18.0 Å². The highest BCUT2D eigenvalue weighted by Crippen LogP contribution is 2.16. The first kappa shape index (κ1) is 13.9. The molecule has 0 fully saturated rings. The van der Waals surface area contributed by atoms with Gasteiger partial charge >= 0.3 is 6.03 Å². The van der Waals surface area contributed by atoms with Crippen LogP contribution in [0, 0.1) is 0 Å². The van der Waals surface area contributed by atoms with Gasteiger partial charge in [0, 0.05) is 36.6 Å². The molecule has 0 saturated carbocycles. The summed E-state index contributed by atoms with van der Waals surface area (Å²) in [4.78, 5) is 11.8. The number of hydrogen-bond donors (Lipinski definition) is 2. The van der Waals surface area contributed by atoms with Gasteiger partial charge in [0.15, 0.2) is 0 Å². The zero-order valence-corrected chi connectivity index (χ0v) is 11.6. The second-order valence-corrected chi connectivity index (χ2v) is 4.24. The first-order valence-corrected chi connectivity index (χ1v) is 6.41. The average molecular weight is 274 g/mol. The third-order valence-electron chi connectivity index (χ3n) is 2.79. The summed E-state index contributed by atoms with van der Waals surface area (Å²) in [6.45, 7) is 3.27. The predicted molar refractivity (Wildman–Crippen MR) is 76.8 cm³/mol. The molecule has 0 unspecified atom stereocenters. The van der Waals surface area contributed by atoms with Gasteiger partial charge in [-0.05, 0) is 19.1 Å². The van der Waals surface area contributed by atoms with Crippen LogP contribution in [-0.2, 0) is 13.1 Å². The topological polar surface area (TPSA) is 68.2 Å². The van der Waals surface area contributed by atoms with E-state index in [9.17, 15) is 4.79 Å². The van der Waals surface area contributed by atoms with Gasteiger partial charge < -0.3 is 15.4 Å². The molecule has 0 aliphatic heterocycles. The molecule has 0 aliphatic rings. The van der Waals surface area contributed by atoms with Gasteiger partial charge in [-0.3, -0.25) is 4.68 Å². The number of anilines is 1. The van der Waals surface area contributed by atoms with Gasteiger partial charge in [-0.1, -0.05) is 6.07 Å². The third-order valence-corrected chi connectivity index (χ3v) is 2.79. The van der Waals surface area contributed by atoms with E-state index in [-0.39, 0.29) is 6.03 Å². The molecule has 6 nitrogen and oxygen atoms in total. The monoisotopic (exact) mass is 274 g/mol. The summed E-state index contributed by atoms with van der Waals surface area (Å²) in [6.07, 6.45) is 3.65. The lowest BCUT2D eigenvalue weighted by Crippen LogP contribution is -2.28. The number of urea groups is 1. The number of benzene rings is 1. The number of aromatic nitrogens is 2. The Labute approximate surface area is 117 Å². The SMILES string of the molecule is CCn1cc(CNC(=O)Nc2cccc(OC)c2)cn1. The summed E-state index contributed by atoms with van der Waals surface area (Å²) in [5, 5.41) is 9.68. The largest absolute Gasteiger partial charge is 0.497 e. The second kappa shape index (κ2) is 6.60. The zero-order valence-electron chi connectivity index (χ0n) is 11.6. The quantitative estimate of drug-likeness (QED) is 0.878. The Morgan fingerprint density at radius 2 is 2.30 bits per heavy atom. The Morgan fingerprint density at radius 1 is 1.45 bits per heavy atom. The van der Waals surface area contributed by atoms with E-state index in [0.717, 1.165) is 12.1 Å². The molecule has 1 aromatic heterocycles. The zero-order chi connectivity index (χ0) is 14.4. The maximum absolute atomic E-state index is 11.8. The van der Waals surface area contributed by atoms with Crippen LogP contribution in [0.5, 0.6) is 5.75 Å². The molecule has 1 aromatic carbocycles. The molecule has 0 bridgehead atoms. The normalized spacial score (nSPS) is 10.1. The van der Waals surface area contributed by atoms with Gasteiger partial charge in [0.25, 0.3) is 0 Å². The summed E-state index contributed by atoms with van der Waals surface area (Å²) in [6, 6.07) is 6.94. The van der Waals surface area contributed by atoms with Crippen molar-refractivity contribution >= 4 is 11.7 Å². The molecule has 2 amide bonds. The number of nitrogens with zero attached hydrogens (tertiary/aromatic N) is 2. The standard InChI is InChI=1S/C14H18N4O2/c1-3-18-10-11(9-16-18)8-15-14(19)17-12-5-4-6-13(7-12)20-2/h4-7,9-10H,3,8H2,1-2H3,(H2,15,17,19). The number of ether oxygens (including phenoxy) is 1. The summed E-state index contributed by atoms with van der Waals surface area (Å²) in [7, 11) is 1.59. The lowest BCUT2D eigenvalue weighted by atomic mass is 10.3. The van der Waals surface area contributed by atoms with Crippen LogP contribution in [0.2, 0.25) is 0 Å². The van der Waals surface area contributed by atoms with E-state index in [1.807, 2.05) is 29.9 Å². The van der Waals surface area contributed by atoms with Crippen LogP contribution < -0.4 is 15.4 Å². The highest BCUT2D eigenvalue weighted by molar-refractivity contribution is 5.89. The molecule has 2 aromatic rings. The lowest BCUT2D eigenvalue weighted by molar-refractivity contribution is 0.251. The number of methoxy groups -OCH3 is 1. The van der Waals surface area contributed by atoms with E-state index in [2.05, 4.69) is 15.7 Å². The summed E-state index contributed by atoms with van der Waals surface area (Å²) >= 11 is 0. The highest BCUT2D eigenvalue weighted by Gasteiger charge is 2.04. The van der Waals surface area contributed by atoms with Gasteiger partial charge in [0.1, 0.15) is 5.75 Å². The van der Waals surface area contributed by atoms with Crippen molar-refractivity contribution in [2.24, 2.45) is 0 Å². The van der Waals surface area contributed by atoms with E-state index < -0.39 is 0 Å². The molecule has 20 heavy (non-hydrogen) atoms. The van der Waals surface area contributed by atoms with Crippen molar-refractivity contribution in [1.82, 2.24) is 15.1 Å². The fourth-order valence-electron chi connectivity index (χ4n) is 1.73. The third kappa shape index (κ3) is 3.74. The van der Waals surface area contributed by atoms with Gasteiger partial charge in [0.05, 0.1) is 13.3 Å². The molecular formula is C14H18N4O2. The summed E-state index contributed by atoms with van der Waals surface area (Å²) in [5.41, 5.74) is 1.65. The smallest absolute Gasteiger partial charge is 0.319 e. The summed E-state index contributed by atoms with van der Waals surface area (Å²) in [5.74, 6) is 0.701. The number of carbonyl (C=O) groups excluding carboxylic acids is 1. The Kier molecular flexibility index (Phi) is 4.60. The predicted octanol–water partition coefficient (Wildman–Crippen LogP) is 2.23. The number of hydrogen-bond acceptors (Lipinski definition) is 3. The molecule has 0 atom stereocenters. The molecule has 1 heterocycles. The van der Waals surface area contributed by atoms with Crippen LogP contribution in [0.3, 0.4) is 0 Å². The Balaban J connectivity index is 1.85. The minimum absolute atomic E-state index is 0.262. The second-order valence-electron chi connectivity index (χ2n) is 4.24. The molecule has 0 aliphatic carbocycles. The van der Waals surface area contributed by atoms with Crippen LogP contribution in [0.1, 0.15) is 12.5 Å². The fourth-order valence-corrected chi connectivity index (χ4v) is 1.73. The van der Waals surface area contributed by atoms with Gasteiger partial charge in [0.2, 0.25) is 0 Å². The van der Waals surface area contributed by atoms with Crippen LogP contribution >= 0.6 is 0 Å².